The molecule has 0 spiro atoms. The summed E-state index contributed by atoms with van der Waals surface area (Å²) in [6.07, 6.45) is 5.20. The van der Waals surface area contributed by atoms with E-state index in [1.165, 1.54) is 0 Å². The monoisotopic (exact) mass is 282 g/mol. The van der Waals surface area contributed by atoms with Gasteiger partial charge in [-0.25, -0.2) is 4.98 Å². The van der Waals surface area contributed by atoms with E-state index in [9.17, 15) is 4.79 Å². The number of carbonyl (C=O) groups is 1. The van der Waals surface area contributed by atoms with Crippen LogP contribution in [0.2, 0.25) is 0 Å². The second kappa shape index (κ2) is 5.91. The topological polar surface area (TPSA) is 49.3 Å². The van der Waals surface area contributed by atoms with Crippen molar-refractivity contribution in [2.24, 2.45) is 0 Å². The van der Waals surface area contributed by atoms with Gasteiger partial charge in [0.2, 0.25) is 0 Å². The first-order chi connectivity index (χ1) is 10.3. The summed E-state index contributed by atoms with van der Waals surface area (Å²) in [5.74, 6) is 1.07. The lowest BCUT2D eigenvalue weighted by atomic mass is 10.1. The third-order valence-corrected chi connectivity index (χ3v) is 3.79. The van der Waals surface area contributed by atoms with Crippen LogP contribution < -0.4 is 4.90 Å². The predicted octanol–water partition coefficient (Wildman–Crippen LogP) is 1.75. The summed E-state index contributed by atoms with van der Waals surface area (Å²) in [5, 5.41) is 0. The van der Waals surface area contributed by atoms with Gasteiger partial charge >= 0.3 is 0 Å². The van der Waals surface area contributed by atoms with Crippen molar-refractivity contribution in [1.29, 1.82) is 0 Å². The maximum absolute atomic E-state index is 12.5. The summed E-state index contributed by atoms with van der Waals surface area (Å²) < 4.78 is 0. The van der Waals surface area contributed by atoms with Crippen LogP contribution in [-0.2, 0) is 0 Å². The van der Waals surface area contributed by atoms with Gasteiger partial charge < -0.3 is 9.80 Å². The first kappa shape index (κ1) is 13.5. The minimum absolute atomic E-state index is 0.0931. The molecule has 0 aromatic carbocycles. The highest BCUT2D eigenvalue weighted by Crippen LogP contribution is 2.15. The number of rotatable bonds is 2. The molecule has 0 saturated carbocycles. The van der Waals surface area contributed by atoms with E-state index in [1.54, 1.807) is 24.7 Å². The molecule has 3 rings (SSSR count). The van der Waals surface area contributed by atoms with E-state index >= 15 is 0 Å². The van der Waals surface area contributed by atoms with Crippen molar-refractivity contribution < 1.29 is 4.79 Å². The fourth-order valence-electron chi connectivity index (χ4n) is 2.56. The molecule has 1 saturated heterocycles. The highest BCUT2D eigenvalue weighted by Gasteiger charge is 2.23. The molecule has 0 bridgehead atoms. The fourth-order valence-corrected chi connectivity index (χ4v) is 2.56. The number of hydrogen-bond acceptors (Lipinski definition) is 4. The van der Waals surface area contributed by atoms with Crippen LogP contribution in [0.4, 0.5) is 5.82 Å². The van der Waals surface area contributed by atoms with Crippen LogP contribution in [0.5, 0.6) is 0 Å². The van der Waals surface area contributed by atoms with Crippen LogP contribution in [0.1, 0.15) is 15.9 Å². The maximum Gasteiger partial charge on any atom is 0.254 e. The van der Waals surface area contributed by atoms with Gasteiger partial charge in [0.1, 0.15) is 5.82 Å². The first-order valence-corrected chi connectivity index (χ1v) is 7.11. The molecule has 1 amide bonds. The van der Waals surface area contributed by atoms with Crippen molar-refractivity contribution in [1.82, 2.24) is 14.9 Å². The molecule has 3 heterocycles. The molecule has 21 heavy (non-hydrogen) atoms. The van der Waals surface area contributed by atoms with Gasteiger partial charge in [-0.15, -0.1) is 0 Å². The zero-order chi connectivity index (χ0) is 14.7. The standard InChI is InChI=1S/C16H18N4O/c1-13-12-17-7-5-14(13)16(21)20-10-8-19(9-11-20)15-4-2-3-6-18-15/h2-7,12H,8-11H2,1H3. The van der Waals surface area contributed by atoms with Gasteiger partial charge in [-0.3, -0.25) is 9.78 Å². The van der Waals surface area contributed by atoms with Crippen LogP contribution in [0.3, 0.4) is 0 Å². The van der Waals surface area contributed by atoms with Gasteiger partial charge in [-0.05, 0) is 30.7 Å². The van der Waals surface area contributed by atoms with Crippen molar-refractivity contribution in [3.05, 3.63) is 54.0 Å². The Bertz CT molecular complexity index is 621. The number of hydrogen-bond donors (Lipinski definition) is 0. The molecule has 5 heteroatoms. The van der Waals surface area contributed by atoms with Crippen LogP contribution in [0.15, 0.2) is 42.9 Å². The van der Waals surface area contributed by atoms with E-state index < -0.39 is 0 Å². The zero-order valence-electron chi connectivity index (χ0n) is 12.1. The highest BCUT2D eigenvalue weighted by molar-refractivity contribution is 5.95. The number of pyridine rings is 2. The molecule has 0 N–H and O–H groups in total. The highest BCUT2D eigenvalue weighted by atomic mass is 16.2. The lowest BCUT2D eigenvalue weighted by molar-refractivity contribution is 0.0745. The van der Waals surface area contributed by atoms with E-state index in [1.807, 2.05) is 30.0 Å². The second-order valence-corrected chi connectivity index (χ2v) is 5.16. The van der Waals surface area contributed by atoms with Gasteiger partial charge in [0.05, 0.1) is 0 Å². The smallest absolute Gasteiger partial charge is 0.254 e. The Morgan fingerprint density at radius 2 is 1.90 bits per heavy atom. The molecule has 108 valence electrons. The molecule has 0 aliphatic carbocycles. The van der Waals surface area contributed by atoms with E-state index in [2.05, 4.69) is 14.9 Å². The quantitative estimate of drug-likeness (QED) is 0.842. The van der Waals surface area contributed by atoms with Gasteiger partial charge in [-0.2, -0.15) is 0 Å². The van der Waals surface area contributed by atoms with Gasteiger partial charge in [0.15, 0.2) is 0 Å². The first-order valence-electron chi connectivity index (χ1n) is 7.11. The number of piperazine rings is 1. The summed E-state index contributed by atoms with van der Waals surface area (Å²) in [6, 6.07) is 7.70. The fraction of sp³-hybridized carbons (Fsp3) is 0.312. The van der Waals surface area contributed by atoms with Gasteiger partial charge in [0, 0.05) is 50.3 Å². The Labute approximate surface area is 124 Å². The van der Waals surface area contributed by atoms with E-state index in [0.29, 0.717) is 0 Å². The Morgan fingerprint density at radius 1 is 1.10 bits per heavy atom. The largest absolute Gasteiger partial charge is 0.353 e. The number of aromatic nitrogens is 2. The molecule has 2 aromatic rings. The molecule has 1 aliphatic heterocycles. The molecule has 2 aromatic heterocycles. The molecule has 0 unspecified atom stereocenters. The molecule has 1 fully saturated rings. The van der Waals surface area contributed by atoms with E-state index in [4.69, 9.17) is 0 Å². The summed E-state index contributed by atoms with van der Waals surface area (Å²) in [4.78, 5) is 25.0. The lowest BCUT2D eigenvalue weighted by Gasteiger charge is -2.35. The molecule has 5 nitrogen and oxygen atoms in total. The molecule has 0 radical (unpaired) electrons. The SMILES string of the molecule is Cc1cnccc1C(=O)N1CCN(c2ccccn2)CC1. The molecule has 0 atom stereocenters. The maximum atomic E-state index is 12.5. The summed E-state index contributed by atoms with van der Waals surface area (Å²) in [5.41, 5.74) is 1.67. The Kier molecular flexibility index (Phi) is 3.81. The minimum Gasteiger partial charge on any atom is -0.353 e. The predicted molar refractivity (Wildman–Crippen MR) is 81.3 cm³/mol. The number of aryl methyl sites for hydroxylation is 1. The average Bonchev–Trinajstić information content (AvgIpc) is 2.56. The number of carbonyl (C=O) groups excluding carboxylic acids is 1. The van der Waals surface area contributed by atoms with Crippen LogP contribution in [0, 0.1) is 6.92 Å². The average molecular weight is 282 g/mol. The summed E-state index contributed by atoms with van der Waals surface area (Å²) in [6.45, 7) is 4.98. The molecular weight excluding hydrogens is 264 g/mol. The minimum atomic E-state index is 0.0931. The van der Waals surface area contributed by atoms with Gasteiger partial charge in [0.25, 0.3) is 5.91 Å². The van der Waals surface area contributed by atoms with Crippen molar-refractivity contribution in [3.63, 3.8) is 0 Å². The Balaban J connectivity index is 1.66. The third kappa shape index (κ3) is 2.86. The molecule has 1 aliphatic rings. The van der Waals surface area contributed by atoms with Gasteiger partial charge in [-0.1, -0.05) is 6.07 Å². The van der Waals surface area contributed by atoms with Crippen molar-refractivity contribution in [2.45, 2.75) is 6.92 Å². The Hall–Kier alpha value is -2.43. The van der Waals surface area contributed by atoms with Crippen molar-refractivity contribution >= 4 is 11.7 Å². The lowest BCUT2D eigenvalue weighted by Crippen LogP contribution is -2.49. The van der Waals surface area contributed by atoms with Crippen molar-refractivity contribution in [2.75, 3.05) is 31.1 Å². The normalized spacial score (nSPS) is 15.1. The van der Waals surface area contributed by atoms with Crippen LogP contribution >= 0.6 is 0 Å². The van der Waals surface area contributed by atoms with E-state index in [0.717, 1.165) is 43.1 Å². The van der Waals surface area contributed by atoms with E-state index in [-0.39, 0.29) is 5.91 Å². The third-order valence-electron chi connectivity index (χ3n) is 3.79. The Morgan fingerprint density at radius 3 is 2.57 bits per heavy atom. The number of anilines is 1. The second-order valence-electron chi connectivity index (χ2n) is 5.16. The zero-order valence-corrected chi connectivity index (χ0v) is 12.1. The summed E-state index contributed by atoms with van der Waals surface area (Å²) >= 11 is 0. The summed E-state index contributed by atoms with van der Waals surface area (Å²) in [7, 11) is 0. The molecular formula is C16H18N4O. The number of nitrogens with zero attached hydrogens (tertiary/aromatic N) is 4. The van der Waals surface area contributed by atoms with Crippen LogP contribution in [-0.4, -0.2) is 47.0 Å². The number of amides is 1. The van der Waals surface area contributed by atoms with Crippen LogP contribution in [0.25, 0.3) is 0 Å². The van der Waals surface area contributed by atoms with Crippen molar-refractivity contribution in [3.8, 4) is 0 Å².